The molecule has 0 spiro atoms. The fraction of sp³-hybridized carbons (Fsp3) is 0.600. The predicted molar refractivity (Wildman–Crippen MR) is 54.3 cm³/mol. The summed E-state index contributed by atoms with van der Waals surface area (Å²) in [7, 11) is 0. The van der Waals surface area contributed by atoms with Gasteiger partial charge in [0.1, 0.15) is 5.60 Å². The van der Waals surface area contributed by atoms with Crippen molar-refractivity contribution in [3.63, 3.8) is 0 Å². The monoisotopic (exact) mass is 230 g/mol. The molecule has 1 aliphatic heterocycles. The number of aryl methyl sites for hydroxylation is 1. The Morgan fingerprint density at radius 2 is 2.20 bits per heavy atom. The summed E-state index contributed by atoms with van der Waals surface area (Å²) in [5, 5.41) is -0.130. The molecule has 1 unspecified atom stereocenters. The average molecular weight is 231 g/mol. The zero-order valence-corrected chi connectivity index (χ0v) is 9.44. The minimum atomic E-state index is -0.554. The highest BCUT2D eigenvalue weighted by Crippen LogP contribution is 2.34. The van der Waals surface area contributed by atoms with Gasteiger partial charge in [-0.25, -0.2) is 14.4 Å². The van der Waals surface area contributed by atoms with Crippen LogP contribution in [-0.2, 0) is 10.3 Å². The zero-order chi connectivity index (χ0) is 11.1. The van der Waals surface area contributed by atoms with Crippen LogP contribution in [0.3, 0.4) is 0 Å². The maximum atomic E-state index is 13.2. The number of nitrogens with zero attached hydrogens (tertiary/aromatic N) is 2. The van der Waals surface area contributed by atoms with E-state index in [0.717, 1.165) is 12.8 Å². The number of hydrogen-bond acceptors (Lipinski definition) is 3. The van der Waals surface area contributed by atoms with E-state index in [9.17, 15) is 4.39 Å². The van der Waals surface area contributed by atoms with Crippen molar-refractivity contribution >= 4 is 11.6 Å². The Balaban J connectivity index is 2.45. The summed E-state index contributed by atoms with van der Waals surface area (Å²) in [6.07, 6.45) is 1.81. The van der Waals surface area contributed by atoms with Crippen LogP contribution in [0.4, 0.5) is 4.39 Å². The van der Waals surface area contributed by atoms with Crippen LogP contribution in [0.25, 0.3) is 0 Å². The SMILES string of the molecule is Cc1nc(C2(C)CCCO2)nc(Cl)c1F. The van der Waals surface area contributed by atoms with Gasteiger partial charge in [0.15, 0.2) is 16.8 Å². The highest BCUT2D eigenvalue weighted by Gasteiger charge is 2.35. The fourth-order valence-electron chi connectivity index (χ4n) is 1.72. The van der Waals surface area contributed by atoms with Gasteiger partial charge in [0.25, 0.3) is 0 Å². The minimum Gasteiger partial charge on any atom is -0.367 e. The lowest BCUT2D eigenvalue weighted by Gasteiger charge is -2.21. The van der Waals surface area contributed by atoms with Crippen molar-refractivity contribution in [2.75, 3.05) is 6.61 Å². The first-order valence-electron chi connectivity index (χ1n) is 4.87. The minimum absolute atomic E-state index is 0.130. The Hall–Kier alpha value is -0.740. The first kappa shape index (κ1) is 10.8. The van der Waals surface area contributed by atoms with Gasteiger partial charge in [-0.1, -0.05) is 11.6 Å². The van der Waals surface area contributed by atoms with Crippen LogP contribution >= 0.6 is 11.6 Å². The Labute approximate surface area is 92.6 Å². The second kappa shape index (κ2) is 3.68. The Morgan fingerprint density at radius 3 is 2.73 bits per heavy atom. The van der Waals surface area contributed by atoms with Crippen molar-refractivity contribution in [2.24, 2.45) is 0 Å². The van der Waals surface area contributed by atoms with E-state index in [1.54, 1.807) is 6.92 Å². The molecular formula is C10H12ClFN2O. The van der Waals surface area contributed by atoms with Crippen molar-refractivity contribution in [3.05, 3.63) is 22.5 Å². The molecule has 15 heavy (non-hydrogen) atoms. The molecule has 2 heterocycles. The molecule has 3 nitrogen and oxygen atoms in total. The molecule has 0 saturated carbocycles. The molecule has 2 rings (SSSR count). The van der Waals surface area contributed by atoms with Crippen molar-refractivity contribution in [1.82, 2.24) is 9.97 Å². The van der Waals surface area contributed by atoms with Crippen molar-refractivity contribution in [2.45, 2.75) is 32.3 Å². The van der Waals surface area contributed by atoms with Crippen molar-refractivity contribution < 1.29 is 9.13 Å². The van der Waals surface area contributed by atoms with Crippen molar-refractivity contribution in [1.29, 1.82) is 0 Å². The summed E-state index contributed by atoms with van der Waals surface area (Å²) >= 11 is 5.68. The molecule has 82 valence electrons. The molecule has 0 aromatic carbocycles. The average Bonchev–Trinajstić information content (AvgIpc) is 2.62. The van der Waals surface area contributed by atoms with Gasteiger partial charge in [-0.15, -0.1) is 0 Å². The van der Waals surface area contributed by atoms with Gasteiger partial charge in [0, 0.05) is 6.61 Å². The molecule has 1 aromatic rings. The lowest BCUT2D eigenvalue weighted by atomic mass is 10.0. The van der Waals surface area contributed by atoms with Crippen LogP contribution in [-0.4, -0.2) is 16.6 Å². The highest BCUT2D eigenvalue weighted by molar-refractivity contribution is 6.29. The smallest absolute Gasteiger partial charge is 0.181 e. The van der Waals surface area contributed by atoms with E-state index in [4.69, 9.17) is 16.3 Å². The first-order valence-corrected chi connectivity index (χ1v) is 5.25. The highest BCUT2D eigenvalue weighted by atomic mass is 35.5. The van der Waals surface area contributed by atoms with Crippen LogP contribution in [0, 0.1) is 12.7 Å². The van der Waals surface area contributed by atoms with Gasteiger partial charge >= 0.3 is 0 Å². The largest absolute Gasteiger partial charge is 0.367 e. The van der Waals surface area contributed by atoms with Gasteiger partial charge in [-0.3, -0.25) is 0 Å². The first-order chi connectivity index (χ1) is 7.03. The number of halogens is 2. The molecule has 0 radical (unpaired) electrons. The Kier molecular flexibility index (Phi) is 2.64. The summed E-state index contributed by atoms with van der Waals surface area (Å²) in [6.45, 7) is 4.17. The number of rotatable bonds is 1. The van der Waals surface area contributed by atoms with E-state index in [1.807, 2.05) is 6.92 Å². The number of hydrogen-bond donors (Lipinski definition) is 0. The van der Waals surface area contributed by atoms with Crippen molar-refractivity contribution in [3.8, 4) is 0 Å². The molecule has 0 amide bonds. The molecule has 1 atom stereocenters. The topological polar surface area (TPSA) is 35.0 Å². The normalized spacial score (nSPS) is 25.9. The summed E-state index contributed by atoms with van der Waals surface area (Å²) in [4.78, 5) is 8.03. The Morgan fingerprint density at radius 1 is 1.47 bits per heavy atom. The summed E-state index contributed by atoms with van der Waals surface area (Å²) in [5.74, 6) is -0.0779. The summed E-state index contributed by atoms with van der Waals surface area (Å²) in [6, 6.07) is 0. The molecule has 0 N–H and O–H groups in total. The lowest BCUT2D eigenvalue weighted by molar-refractivity contribution is 0.00904. The van der Waals surface area contributed by atoms with Gasteiger partial charge in [0.2, 0.25) is 0 Å². The number of ether oxygens (including phenoxy) is 1. The molecule has 1 saturated heterocycles. The van der Waals surface area contributed by atoms with E-state index in [2.05, 4.69) is 9.97 Å². The van der Waals surface area contributed by atoms with E-state index >= 15 is 0 Å². The van der Waals surface area contributed by atoms with E-state index in [-0.39, 0.29) is 10.8 Å². The van der Waals surface area contributed by atoms with Gasteiger partial charge < -0.3 is 4.74 Å². The molecule has 1 aromatic heterocycles. The van der Waals surface area contributed by atoms with Gasteiger partial charge in [-0.05, 0) is 26.7 Å². The van der Waals surface area contributed by atoms with Crippen LogP contribution in [0.1, 0.15) is 31.3 Å². The molecule has 1 fully saturated rings. The third-order valence-electron chi connectivity index (χ3n) is 2.67. The third-order valence-corrected chi connectivity index (χ3v) is 2.92. The summed E-state index contributed by atoms with van der Waals surface area (Å²) in [5.41, 5.74) is -0.246. The van der Waals surface area contributed by atoms with Crippen LogP contribution in [0.5, 0.6) is 0 Å². The van der Waals surface area contributed by atoms with Crippen LogP contribution in [0.15, 0.2) is 0 Å². The maximum absolute atomic E-state index is 13.2. The van der Waals surface area contributed by atoms with Crippen LogP contribution in [0.2, 0.25) is 5.15 Å². The van der Waals surface area contributed by atoms with Crippen LogP contribution < -0.4 is 0 Å². The molecule has 0 aliphatic carbocycles. The fourth-order valence-corrected chi connectivity index (χ4v) is 1.93. The van der Waals surface area contributed by atoms with E-state index in [0.29, 0.717) is 12.4 Å². The van der Waals surface area contributed by atoms with E-state index < -0.39 is 11.4 Å². The quantitative estimate of drug-likeness (QED) is 0.696. The van der Waals surface area contributed by atoms with Gasteiger partial charge in [-0.2, -0.15) is 0 Å². The standard InChI is InChI=1S/C10H12ClFN2O/c1-6-7(12)8(11)14-9(13-6)10(2)4-3-5-15-10/h3-5H2,1-2H3. The summed E-state index contributed by atoms with van der Waals surface area (Å²) < 4.78 is 18.8. The molecular weight excluding hydrogens is 219 g/mol. The Bertz CT molecular complexity index is 368. The second-order valence-electron chi connectivity index (χ2n) is 3.92. The molecule has 5 heteroatoms. The maximum Gasteiger partial charge on any atom is 0.181 e. The predicted octanol–water partition coefficient (Wildman–Crippen LogP) is 2.60. The van der Waals surface area contributed by atoms with Gasteiger partial charge in [0.05, 0.1) is 5.69 Å². The molecule has 0 bridgehead atoms. The lowest BCUT2D eigenvalue weighted by Crippen LogP contribution is -2.24. The zero-order valence-electron chi connectivity index (χ0n) is 8.68. The number of aromatic nitrogens is 2. The third kappa shape index (κ3) is 1.84. The van der Waals surface area contributed by atoms with E-state index in [1.165, 1.54) is 0 Å². The second-order valence-corrected chi connectivity index (χ2v) is 4.28. The molecule has 1 aliphatic rings.